The van der Waals surface area contributed by atoms with E-state index in [0.29, 0.717) is 11.3 Å². The summed E-state index contributed by atoms with van der Waals surface area (Å²) < 4.78 is 18.3. The minimum atomic E-state index is -0.325. The highest BCUT2D eigenvalue weighted by Crippen LogP contribution is 2.19. The number of hydrogen-bond acceptors (Lipinski definition) is 3. The van der Waals surface area contributed by atoms with Crippen LogP contribution in [0, 0.1) is 5.82 Å². The summed E-state index contributed by atoms with van der Waals surface area (Å²) >= 11 is 0. The number of benzene rings is 2. The molecule has 5 heteroatoms. The Kier molecular flexibility index (Phi) is 4.19. The number of carbonyl (C=O) groups is 1. The van der Waals surface area contributed by atoms with Gasteiger partial charge in [0, 0.05) is 25.2 Å². The largest absolute Gasteiger partial charge is 0.350 e. The van der Waals surface area contributed by atoms with Crippen LogP contribution in [0.5, 0.6) is 0 Å². The van der Waals surface area contributed by atoms with Crippen LogP contribution in [-0.2, 0) is 6.54 Å². The molecule has 0 bridgehead atoms. The van der Waals surface area contributed by atoms with Crippen molar-refractivity contribution in [2.45, 2.75) is 6.54 Å². The van der Waals surface area contributed by atoms with E-state index in [1.165, 1.54) is 17.0 Å². The molecule has 0 saturated heterocycles. The first-order chi connectivity index (χ1) is 11.1. The summed E-state index contributed by atoms with van der Waals surface area (Å²) in [6, 6.07) is 17.2. The van der Waals surface area contributed by atoms with Gasteiger partial charge in [-0.1, -0.05) is 47.6 Å². The molecule has 23 heavy (non-hydrogen) atoms. The fourth-order valence-electron chi connectivity index (χ4n) is 2.29. The van der Waals surface area contributed by atoms with E-state index in [9.17, 15) is 9.18 Å². The third-order valence-electron chi connectivity index (χ3n) is 3.45. The zero-order valence-electron chi connectivity index (χ0n) is 12.6. The Morgan fingerprint density at radius 3 is 2.65 bits per heavy atom. The maximum atomic E-state index is 13.2. The molecule has 2 aromatic carbocycles. The predicted molar refractivity (Wildman–Crippen MR) is 84.1 cm³/mol. The molecule has 0 fully saturated rings. The third kappa shape index (κ3) is 3.45. The predicted octanol–water partition coefficient (Wildman–Crippen LogP) is 3.75. The first-order valence-corrected chi connectivity index (χ1v) is 7.15. The summed E-state index contributed by atoms with van der Waals surface area (Å²) in [6.07, 6.45) is 0. The Labute approximate surface area is 133 Å². The maximum Gasteiger partial charge on any atom is 0.292 e. The van der Waals surface area contributed by atoms with E-state index in [2.05, 4.69) is 5.16 Å². The lowest BCUT2D eigenvalue weighted by atomic mass is 10.1. The highest BCUT2D eigenvalue weighted by molar-refractivity contribution is 5.92. The van der Waals surface area contributed by atoms with Crippen LogP contribution < -0.4 is 0 Å². The van der Waals surface area contributed by atoms with Crippen molar-refractivity contribution in [3.05, 3.63) is 77.8 Å². The topological polar surface area (TPSA) is 46.3 Å². The van der Waals surface area contributed by atoms with Gasteiger partial charge in [0.25, 0.3) is 5.91 Å². The van der Waals surface area contributed by atoms with Gasteiger partial charge in [0.15, 0.2) is 0 Å². The van der Waals surface area contributed by atoms with E-state index in [1.807, 2.05) is 30.3 Å². The van der Waals surface area contributed by atoms with Crippen molar-refractivity contribution < 1.29 is 13.7 Å². The molecule has 0 radical (unpaired) electrons. The van der Waals surface area contributed by atoms with Gasteiger partial charge in [0.1, 0.15) is 11.5 Å². The molecule has 0 spiro atoms. The quantitative estimate of drug-likeness (QED) is 0.737. The molecule has 1 heterocycles. The first kappa shape index (κ1) is 15.0. The van der Waals surface area contributed by atoms with Crippen LogP contribution in [0.1, 0.15) is 16.1 Å². The zero-order chi connectivity index (χ0) is 16.2. The monoisotopic (exact) mass is 310 g/mol. The Morgan fingerprint density at radius 2 is 1.91 bits per heavy atom. The van der Waals surface area contributed by atoms with Crippen LogP contribution in [0.4, 0.5) is 4.39 Å². The average Bonchev–Trinajstić information content (AvgIpc) is 3.05. The van der Waals surface area contributed by atoms with Crippen LogP contribution >= 0.6 is 0 Å². The van der Waals surface area contributed by atoms with Gasteiger partial charge in [-0.2, -0.15) is 0 Å². The number of carbonyl (C=O) groups excluding carboxylic acids is 1. The van der Waals surface area contributed by atoms with E-state index in [-0.39, 0.29) is 24.0 Å². The SMILES string of the molecule is CN(Cc1cccc(F)c1)C(=O)c1cc(-c2ccccc2)no1. The molecule has 116 valence electrons. The lowest BCUT2D eigenvalue weighted by molar-refractivity contribution is 0.0743. The summed E-state index contributed by atoms with van der Waals surface area (Å²) in [5.41, 5.74) is 2.19. The van der Waals surface area contributed by atoms with Crippen LogP contribution in [-0.4, -0.2) is 23.0 Å². The molecule has 0 N–H and O–H groups in total. The number of halogens is 1. The molecule has 1 amide bonds. The Morgan fingerprint density at radius 1 is 1.13 bits per heavy atom. The van der Waals surface area contributed by atoms with Gasteiger partial charge in [-0.25, -0.2) is 4.39 Å². The van der Waals surface area contributed by atoms with Crippen LogP contribution in [0.25, 0.3) is 11.3 Å². The van der Waals surface area contributed by atoms with Crippen LogP contribution in [0.3, 0.4) is 0 Å². The van der Waals surface area contributed by atoms with Crippen molar-refractivity contribution >= 4 is 5.91 Å². The summed E-state index contributed by atoms with van der Waals surface area (Å²) in [5, 5.41) is 3.93. The standard InChI is InChI=1S/C18H15FN2O2/c1-21(12-13-6-5-9-15(19)10-13)18(22)17-11-16(20-23-17)14-7-3-2-4-8-14/h2-11H,12H2,1H3. The van der Waals surface area contributed by atoms with Crippen molar-refractivity contribution in [3.8, 4) is 11.3 Å². The zero-order valence-corrected chi connectivity index (χ0v) is 12.6. The van der Waals surface area contributed by atoms with Crippen molar-refractivity contribution in [1.82, 2.24) is 10.1 Å². The summed E-state index contributed by atoms with van der Waals surface area (Å²) in [4.78, 5) is 13.8. The van der Waals surface area contributed by atoms with E-state index in [0.717, 1.165) is 5.56 Å². The normalized spacial score (nSPS) is 10.5. The molecule has 0 aliphatic heterocycles. The molecule has 3 aromatic rings. The number of hydrogen-bond donors (Lipinski definition) is 0. The summed E-state index contributed by atoms with van der Waals surface area (Å²) in [5.74, 6) is -0.471. The van der Waals surface area contributed by atoms with E-state index < -0.39 is 0 Å². The van der Waals surface area contributed by atoms with Crippen molar-refractivity contribution in [2.24, 2.45) is 0 Å². The second kappa shape index (κ2) is 6.44. The molecule has 0 aliphatic carbocycles. The second-order valence-corrected chi connectivity index (χ2v) is 5.23. The number of aromatic nitrogens is 1. The third-order valence-corrected chi connectivity index (χ3v) is 3.45. The van der Waals surface area contributed by atoms with Crippen molar-refractivity contribution in [3.63, 3.8) is 0 Å². The molecule has 0 saturated carbocycles. The van der Waals surface area contributed by atoms with Gasteiger partial charge in [-0.05, 0) is 17.7 Å². The van der Waals surface area contributed by atoms with Gasteiger partial charge >= 0.3 is 0 Å². The molecule has 0 unspecified atom stereocenters. The van der Waals surface area contributed by atoms with Gasteiger partial charge < -0.3 is 9.42 Å². The first-order valence-electron chi connectivity index (χ1n) is 7.15. The highest BCUT2D eigenvalue weighted by atomic mass is 19.1. The molecule has 0 atom stereocenters. The number of rotatable bonds is 4. The van der Waals surface area contributed by atoms with E-state index in [1.54, 1.807) is 25.2 Å². The summed E-state index contributed by atoms with van der Waals surface area (Å²) in [7, 11) is 1.64. The van der Waals surface area contributed by atoms with Crippen LogP contribution in [0.15, 0.2) is 65.2 Å². The fraction of sp³-hybridized carbons (Fsp3) is 0.111. The molecular formula is C18H15FN2O2. The maximum absolute atomic E-state index is 13.2. The molecule has 1 aromatic heterocycles. The Bertz CT molecular complexity index is 815. The van der Waals surface area contributed by atoms with Crippen molar-refractivity contribution in [2.75, 3.05) is 7.05 Å². The summed E-state index contributed by atoms with van der Waals surface area (Å²) in [6.45, 7) is 0.290. The van der Waals surface area contributed by atoms with E-state index >= 15 is 0 Å². The van der Waals surface area contributed by atoms with E-state index in [4.69, 9.17) is 4.52 Å². The number of amides is 1. The van der Waals surface area contributed by atoms with Crippen LogP contribution in [0.2, 0.25) is 0 Å². The van der Waals surface area contributed by atoms with Gasteiger partial charge in [0.05, 0.1) is 0 Å². The average molecular weight is 310 g/mol. The number of nitrogens with zero attached hydrogens (tertiary/aromatic N) is 2. The Hall–Kier alpha value is -2.95. The van der Waals surface area contributed by atoms with Gasteiger partial charge in [0.2, 0.25) is 5.76 Å². The molecule has 3 rings (SSSR count). The Balaban J connectivity index is 1.74. The fourth-order valence-corrected chi connectivity index (χ4v) is 2.29. The molecular weight excluding hydrogens is 295 g/mol. The smallest absolute Gasteiger partial charge is 0.292 e. The lowest BCUT2D eigenvalue weighted by Crippen LogP contribution is -2.25. The minimum absolute atomic E-state index is 0.155. The highest BCUT2D eigenvalue weighted by Gasteiger charge is 2.18. The second-order valence-electron chi connectivity index (χ2n) is 5.23. The molecule has 0 aliphatic rings. The minimum Gasteiger partial charge on any atom is -0.350 e. The molecule has 4 nitrogen and oxygen atoms in total. The lowest BCUT2D eigenvalue weighted by Gasteiger charge is -2.15. The van der Waals surface area contributed by atoms with Gasteiger partial charge in [-0.3, -0.25) is 4.79 Å². The van der Waals surface area contributed by atoms with Crippen molar-refractivity contribution in [1.29, 1.82) is 0 Å². The van der Waals surface area contributed by atoms with Gasteiger partial charge in [-0.15, -0.1) is 0 Å².